The highest BCUT2D eigenvalue weighted by atomic mass is 32.1. The van der Waals surface area contributed by atoms with Crippen LogP contribution >= 0.6 is 11.3 Å². The highest BCUT2D eigenvalue weighted by Crippen LogP contribution is 2.28. The van der Waals surface area contributed by atoms with Crippen molar-refractivity contribution in [3.05, 3.63) is 40.8 Å². The molecule has 1 amide bonds. The van der Waals surface area contributed by atoms with Gasteiger partial charge in [-0.2, -0.15) is 0 Å². The zero-order chi connectivity index (χ0) is 21.8. The van der Waals surface area contributed by atoms with Crippen molar-refractivity contribution in [2.24, 2.45) is 0 Å². The topological polar surface area (TPSA) is 97.3 Å². The number of methoxy groups -OCH3 is 1. The summed E-state index contributed by atoms with van der Waals surface area (Å²) < 4.78 is 16.3. The van der Waals surface area contributed by atoms with E-state index >= 15 is 0 Å². The monoisotopic (exact) mass is 436 g/mol. The molecule has 2 N–H and O–H groups in total. The molecule has 2 heterocycles. The van der Waals surface area contributed by atoms with Crippen LogP contribution in [0.5, 0.6) is 11.5 Å². The molecule has 8 nitrogen and oxygen atoms in total. The fourth-order valence-electron chi connectivity index (χ4n) is 2.96. The van der Waals surface area contributed by atoms with Gasteiger partial charge in [0.25, 0.3) is 12.4 Å². The lowest BCUT2D eigenvalue weighted by Gasteiger charge is -2.27. The number of nitrogens with zero attached hydrogens (tertiary/aromatic N) is 1. The normalized spacial score (nSPS) is 13.1. The van der Waals surface area contributed by atoms with Crippen LogP contribution in [-0.2, 0) is 16.0 Å². The van der Waals surface area contributed by atoms with E-state index in [9.17, 15) is 4.79 Å². The zero-order valence-electron chi connectivity index (χ0n) is 17.3. The smallest absolute Gasteiger partial charge is 0.290 e. The van der Waals surface area contributed by atoms with E-state index < -0.39 is 0 Å². The van der Waals surface area contributed by atoms with Crippen LogP contribution in [-0.4, -0.2) is 64.1 Å². The number of hydrogen-bond acceptors (Lipinski definition) is 7. The molecule has 0 unspecified atom stereocenters. The molecule has 0 bridgehead atoms. The first-order valence-electron chi connectivity index (χ1n) is 9.71. The maximum absolute atomic E-state index is 12.4. The molecule has 0 atom stereocenters. The SMILES string of the molecule is CCOc1cc(CCNC(=O)c2ccc(N3CCOCC3)s2)ccc1OC.O=CO. The van der Waals surface area contributed by atoms with Crippen molar-refractivity contribution in [1.29, 1.82) is 0 Å². The summed E-state index contributed by atoms with van der Waals surface area (Å²) in [6, 6.07) is 9.77. The van der Waals surface area contributed by atoms with Gasteiger partial charge in [0.15, 0.2) is 11.5 Å². The van der Waals surface area contributed by atoms with Crippen molar-refractivity contribution in [3.63, 3.8) is 0 Å². The highest BCUT2D eigenvalue weighted by molar-refractivity contribution is 7.18. The minimum atomic E-state index is -0.250. The average Bonchev–Trinajstić information content (AvgIpc) is 3.26. The molecular weight excluding hydrogens is 408 g/mol. The average molecular weight is 437 g/mol. The Bertz CT molecular complexity index is 805. The minimum absolute atomic E-state index is 0.0296. The van der Waals surface area contributed by atoms with Gasteiger partial charge in [0.1, 0.15) is 0 Å². The Morgan fingerprint density at radius 2 is 2.00 bits per heavy atom. The maximum Gasteiger partial charge on any atom is 0.290 e. The molecule has 0 spiro atoms. The molecule has 3 rings (SSSR count). The quantitative estimate of drug-likeness (QED) is 0.614. The number of carbonyl (C=O) groups excluding carboxylic acids is 1. The Morgan fingerprint density at radius 1 is 1.27 bits per heavy atom. The summed E-state index contributed by atoms with van der Waals surface area (Å²) in [5.41, 5.74) is 1.10. The van der Waals surface area contributed by atoms with Crippen molar-refractivity contribution in [3.8, 4) is 11.5 Å². The molecular formula is C21H28N2O6S. The predicted molar refractivity (Wildman–Crippen MR) is 116 cm³/mol. The van der Waals surface area contributed by atoms with Crippen LogP contribution in [0.4, 0.5) is 5.00 Å². The van der Waals surface area contributed by atoms with E-state index in [-0.39, 0.29) is 12.4 Å². The van der Waals surface area contributed by atoms with E-state index in [2.05, 4.69) is 10.2 Å². The molecule has 1 saturated heterocycles. The summed E-state index contributed by atoms with van der Waals surface area (Å²) in [4.78, 5) is 23.8. The summed E-state index contributed by atoms with van der Waals surface area (Å²) in [7, 11) is 1.63. The molecule has 1 aliphatic heterocycles. The minimum Gasteiger partial charge on any atom is -0.493 e. The number of amides is 1. The number of nitrogens with one attached hydrogen (secondary N) is 1. The number of benzene rings is 1. The van der Waals surface area contributed by atoms with Gasteiger partial charge < -0.3 is 29.5 Å². The van der Waals surface area contributed by atoms with E-state index in [0.717, 1.165) is 59.7 Å². The zero-order valence-corrected chi connectivity index (χ0v) is 18.1. The third-order valence-electron chi connectivity index (χ3n) is 4.37. The Hall–Kier alpha value is -2.78. The number of anilines is 1. The number of rotatable bonds is 8. The van der Waals surface area contributed by atoms with Crippen LogP contribution in [0.3, 0.4) is 0 Å². The Labute approximate surface area is 180 Å². The Morgan fingerprint density at radius 3 is 2.67 bits per heavy atom. The number of ether oxygens (including phenoxy) is 3. The van der Waals surface area contributed by atoms with Gasteiger partial charge in [-0.05, 0) is 43.2 Å². The highest BCUT2D eigenvalue weighted by Gasteiger charge is 2.16. The first kappa shape index (κ1) is 23.5. The standard InChI is InChI=1S/C20H26N2O4S.CH2O2/c1-3-26-17-14-15(4-5-16(17)24-2)8-9-21-20(23)18-6-7-19(27-18)22-10-12-25-13-11-22;2-1-3/h4-7,14H,3,8-13H2,1-2H3,(H,21,23);1H,(H,2,3). The van der Waals surface area contributed by atoms with Gasteiger partial charge in [0, 0.05) is 19.6 Å². The third-order valence-corrected chi connectivity index (χ3v) is 5.51. The molecule has 9 heteroatoms. The molecule has 164 valence electrons. The molecule has 1 aromatic heterocycles. The third kappa shape index (κ3) is 6.93. The second-order valence-electron chi connectivity index (χ2n) is 6.27. The van der Waals surface area contributed by atoms with Gasteiger partial charge in [-0.1, -0.05) is 6.07 Å². The molecule has 1 aliphatic rings. The number of carbonyl (C=O) groups is 2. The molecule has 1 fully saturated rings. The van der Waals surface area contributed by atoms with E-state index in [1.807, 2.05) is 37.3 Å². The summed E-state index contributed by atoms with van der Waals surface area (Å²) in [5, 5.41) is 11.0. The molecule has 1 aromatic carbocycles. The van der Waals surface area contributed by atoms with Crippen LogP contribution in [0.1, 0.15) is 22.2 Å². The molecule has 30 heavy (non-hydrogen) atoms. The largest absolute Gasteiger partial charge is 0.493 e. The van der Waals surface area contributed by atoms with Gasteiger partial charge in [-0.25, -0.2) is 0 Å². The summed E-state index contributed by atoms with van der Waals surface area (Å²) in [6.07, 6.45) is 0.734. The van der Waals surface area contributed by atoms with Crippen LogP contribution in [0, 0.1) is 0 Å². The first-order valence-corrected chi connectivity index (χ1v) is 10.5. The number of morpholine rings is 1. The van der Waals surface area contributed by atoms with E-state index in [1.54, 1.807) is 7.11 Å². The molecule has 0 aliphatic carbocycles. The van der Waals surface area contributed by atoms with Crippen LogP contribution < -0.4 is 19.7 Å². The van der Waals surface area contributed by atoms with Crippen LogP contribution in [0.15, 0.2) is 30.3 Å². The number of hydrogen-bond donors (Lipinski definition) is 2. The number of thiophene rings is 1. The summed E-state index contributed by atoms with van der Waals surface area (Å²) in [6.45, 7) is 6.08. The van der Waals surface area contributed by atoms with Gasteiger partial charge in [-0.15, -0.1) is 11.3 Å². The lowest BCUT2D eigenvalue weighted by molar-refractivity contribution is -0.122. The first-order chi connectivity index (χ1) is 14.6. The van der Waals surface area contributed by atoms with Gasteiger partial charge in [0.05, 0.1) is 36.8 Å². The lowest BCUT2D eigenvalue weighted by atomic mass is 10.1. The van der Waals surface area contributed by atoms with Crippen molar-refractivity contribution >= 4 is 28.7 Å². The second-order valence-corrected chi connectivity index (χ2v) is 7.33. The summed E-state index contributed by atoms with van der Waals surface area (Å²) in [5.74, 6) is 1.43. The van der Waals surface area contributed by atoms with Crippen LogP contribution in [0.2, 0.25) is 0 Å². The maximum atomic E-state index is 12.4. The summed E-state index contributed by atoms with van der Waals surface area (Å²) >= 11 is 1.53. The van der Waals surface area contributed by atoms with E-state index in [1.165, 1.54) is 11.3 Å². The van der Waals surface area contributed by atoms with Gasteiger partial charge in [-0.3, -0.25) is 9.59 Å². The van der Waals surface area contributed by atoms with Crippen molar-refractivity contribution in [1.82, 2.24) is 5.32 Å². The molecule has 2 aromatic rings. The van der Waals surface area contributed by atoms with Crippen molar-refractivity contribution < 1.29 is 28.9 Å². The van der Waals surface area contributed by atoms with Gasteiger partial charge in [0.2, 0.25) is 0 Å². The molecule has 0 saturated carbocycles. The Balaban J connectivity index is 0.00000101. The fraction of sp³-hybridized carbons (Fsp3) is 0.429. The Kier molecular flexibility index (Phi) is 9.96. The predicted octanol–water partition coefficient (Wildman–Crippen LogP) is 2.67. The fourth-order valence-corrected chi connectivity index (χ4v) is 3.93. The van der Waals surface area contributed by atoms with Gasteiger partial charge >= 0.3 is 0 Å². The van der Waals surface area contributed by atoms with Crippen LogP contribution in [0.25, 0.3) is 0 Å². The molecule has 0 radical (unpaired) electrons. The van der Waals surface area contributed by atoms with E-state index in [0.29, 0.717) is 13.2 Å². The van der Waals surface area contributed by atoms with Crippen molar-refractivity contribution in [2.45, 2.75) is 13.3 Å². The second kappa shape index (κ2) is 12.7. The number of carboxylic acid groups (broad SMARTS) is 1. The van der Waals surface area contributed by atoms with Crippen molar-refractivity contribution in [2.75, 3.05) is 51.5 Å². The lowest BCUT2D eigenvalue weighted by Crippen LogP contribution is -2.35. The van der Waals surface area contributed by atoms with E-state index in [4.69, 9.17) is 24.1 Å².